The first-order chi connectivity index (χ1) is 8.74. The van der Waals surface area contributed by atoms with E-state index in [2.05, 4.69) is 17.6 Å². The Morgan fingerprint density at radius 2 is 2.22 bits per heavy atom. The number of carbonyl (C=O) groups is 1. The highest BCUT2D eigenvalue weighted by atomic mass is 16.5. The van der Waals surface area contributed by atoms with E-state index in [1.165, 1.54) is 0 Å². The molecule has 1 fully saturated rings. The van der Waals surface area contributed by atoms with Crippen LogP contribution in [0.5, 0.6) is 5.75 Å². The molecule has 2 unspecified atom stereocenters. The second-order valence-electron chi connectivity index (χ2n) is 4.75. The summed E-state index contributed by atoms with van der Waals surface area (Å²) in [4.78, 5) is 11.7. The average Bonchev–Trinajstić information content (AvgIpc) is 2.38. The first kappa shape index (κ1) is 12.9. The van der Waals surface area contributed by atoms with Gasteiger partial charge in [0.05, 0.1) is 0 Å². The summed E-state index contributed by atoms with van der Waals surface area (Å²) < 4.78 is 5.41. The molecule has 1 saturated heterocycles. The molecule has 0 aliphatic carbocycles. The predicted octanol–water partition coefficient (Wildman–Crippen LogP) is 1.32. The van der Waals surface area contributed by atoms with Crippen molar-refractivity contribution in [3.05, 3.63) is 30.3 Å². The Hall–Kier alpha value is -1.55. The normalized spacial score (nSPS) is 23.4. The van der Waals surface area contributed by atoms with Crippen LogP contribution in [0.4, 0.5) is 0 Å². The van der Waals surface area contributed by atoms with Crippen LogP contribution in [0.2, 0.25) is 0 Å². The van der Waals surface area contributed by atoms with Gasteiger partial charge in [-0.3, -0.25) is 4.79 Å². The molecule has 0 aromatic heterocycles. The second-order valence-corrected chi connectivity index (χ2v) is 4.75. The van der Waals surface area contributed by atoms with Crippen molar-refractivity contribution in [1.82, 2.24) is 10.6 Å². The summed E-state index contributed by atoms with van der Waals surface area (Å²) in [6.07, 6.45) is 1.97. The monoisotopic (exact) mass is 248 g/mol. The quantitative estimate of drug-likeness (QED) is 0.845. The molecule has 1 aromatic carbocycles. The first-order valence-corrected chi connectivity index (χ1v) is 6.44. The molecule has 0 bridgehead atoms. The van der Waals surface area contributed by atoms with Crippen LogP contribution < -0.4 is 15.4 Å². The number of rotatable bonds is 4. The molecule has 4 heteroatoms. The van der Waals surface area contributed by atoms with Gasteiger partial charge in [-0.15, -0.1) is 0 Å². The minimum Gasteiger partial charge on any atom is -0.484 e. The van der Waals surface area contributed by atoms with Crippen molar-refractivity contribution in [3.8, 4) is 5.75 Å². The third-order valence-corrected chi connectivity index (χ3v) is 3.10. The lowest BCUT2D eigenvalue weighted by atomic mass is 10.0. The highest BCUT2D eigenvalue weighted by Gasteiger charge is 2.19. The zero-order valence-corrected chi connectivity index (χ0v) is 10.7. The van der Waals surface area contributed by atoms with Crippen LogP contribution in [0.1, 0.15) is 19.8 Å². The Balaban J connectivity index is 1.72. The van der Waals surface area contributed by atoms with Crippen molar-refractivity contribution in [2.24, 2.45) is 0 Å². The zero-order valence-electron chi connectivity index (χ0n) is 10.7. The molecular weight excluding hydrogens is 228 g/mol. The number of nitrogens with one attached hydrogen (secondary N) is 2. The van der Waals surface area contributed by atoms with Gasteiger partial charge < -0.3 is 15.4 Å². The van der Waals surface area contributed by atoms with E-state index >= 15 is 0 Å². The van der Waals surface area contributed by atoms with E-state index < -0.39 is 0 Å². The second kappa shape index (κ2) is 6.40. The lowest BCUT2D eigenvalue weighted by molar-refractivity contribution is -0.124. The van der Waals surface area contributed by atoms with Crippen LogP contribution in [-0.4, -0.2) is 31.1 Å². The minimum absolute atomic E-state index is 0.0436. The van der Waals surface area contributed by atoms with Gasteiger partial charge in [0.2, 0.25) is 0 Å². The maximum absolute atomic E-state index is 11.7. The topological polar surface area (TPSA) is 50.4 Å². The number of amides is 1. The molecule has 0 spiro atoms. The molecule has 1 aromatic rings. The molecule has 18 heavy (non-hydrogen) atoms. The molecule has 0 saturated carbocycles. The van der Waals surface area contributed by atoms with Gasteiger partial charge in [0.1, 0.15) is 5.75 Å². The van der Waals surface area contributed by atoms with Gasteiger partial charge in [0.25, 0.3) is 5.91 Å². The summed E-state index contributed by atoms with van der Waals surface area (Å²) in [5.74, 6) is 0.685. The minimum atomic E-state index is -0.0436. The maximum atomic E-state index is 11.7. The van der Waals surface area contributed by atoms with Crippen LogP contribution in [0.25, 0.3) is 0 Å². The van der Waals surface area contributed by atoms with E-state index in [1.54, 1.807) is 0 Å². The Bertz CT molecular complexity index is 381. The summed E-state index contributed by atoms with van der Waals surface area (Å²) in [6, 6.07) is 10.1. The zero-order chi connectivity index (χ0) is 12.8. The van der Waals surface area contributed by atoms with Gasteiger partial charge in [0.15, 0.2) is 6.61 Å². The third-order valence-electron chi connectivity index (χ3n) is 3.10. The number of hydrogen-bond acceptors (Lipinski definition) is 3. The number of hydrogen-bond donors (Lipinski definition) is 2. The predicted molar refractivity (Wildman–Crippen MR) is 70.6 cm³/mol. The van der Waals surface area contributed by atoms with E-state index in [4.69, 9.17) is 4.74 Å². The largest absolute Gasteiger partial charge is 0.484 e. The van der Waals surface area contributed by atoms with E-state index in [0.29, 0.717) is 6.04 Å². The lowest BCUT2D eigenvalue weighted by Gasteiger charge is -2.28. The lowest BCUT2D eigenvalue weighted by Crippen LogP contribution is -2.47. The SMILES string of the molecule is CC1CC(NC(=O)COc2ccccc2)CCN1. The van der Waals surface area contributed by atoms with Crippen LogP contribution >= 0.6 is 0 Å². The van der Waals surface area contributed by atoms with Crippen molar-refractivity contribution in [1.29, 1.82) is 0 Å². The van der Waals surface area contributed by atoms with E-state index in [1.807, 2.05) is 30.3 Å². The molecular formula is C14H20N2O2. The van der Waals surface area contributed by atoms with Crippen LogP contribution in [-0.2, 0) is 4.79 Å². The number of piperidine rings is 1. The Labute approximate surface area is 108 Å². The molecule has 0 radical (unpaired) electrons. The summed E-state index contributed by atoms with van der Waals surface area (Å²) in [5.41, 5.74) is 0. The van der Waals surface area contributed by atoms with Crippen molar-refractivity contribution in [2.75, 3.05) is 13.2 Å². The molecule has 2 atom stereocenters. The first-order valence-electron chi connectivity index (χ1n) is 6.44. The average molecular weight is 248 g/mol. The smallest absolute Gasteiger partial charge is 0.258 e. The van der Waals surface area contributed by atoms with E-state index in [-0.39, 0.29) is 18.6 Å². The molecule has 1 aliphatic rings. The van der Waals surface area contributed by atoms with Crippen LogP contribution in [0.15, 0.2) is 30.3 Å². The van der Waals surface area contributed by atoms with Crippen molar-refractivity contribution in [2.45, 2.75) is 31.8 Å². The molecule has 98 valence electrons. The fourth-order valence-corrected chi connectivity index (χ4v) is 2.20. The van der Waals surface area contributed by atoms with Gasteiger partial charge >= 0.3 is 0 Å². The highest BCUT2D eigenvalue weighted by molar-refractivity contribution is 5.77. The van der Waals surface area contributed by atoms with Gasteiger partial charge in [-0.2, -0.15) is 0 Å². The maximum Gasteiger partial charge on any atom is 0.258 e. The molecule has 4 nitrogen and oxygen atoms in total. The molecule has 1 aliphatic heterocycles. The van der Waals surface area contributed by atoms with E-state index in [9.17, 15) is 4.79 Å². The van der Waals surface area contributed by atoms with Crippen molar-refractivity contribution >= 4 is 5.91 Å². The summed E-state index contributed by atoms with van der Waals surface area (Å²) in [7, 11) is 0. The fraction of sp³-hybridized carbons (Fsp3) is 0.500. The van der Waals surface area contributed by atoms with Gasteiger partial charge in [-0.05, 0) is 38.4 Å². The Morgan fingerprint density at radius 3 is 2.94 bits per heavy atom. The number of ether oxygens (including phenoxy) is 1. The number of para-hydroxylation sites is 1. The number of carbonyl (C=O) groups excluding carboxylic acids is 1. The standard InChI is InChI=1S/C14H20N2O2/c1-11-9-12(7-8-15-11)16-14(17)10-18-13-5-3-2-4-6-13/h2-6,11-12,15H,7-10H2,1H3,(H,16,17). The molecule has 2 rings (SSSR count). The summed E-state index contributed by atoms with van der Waals surface area (Å²) in [6.45, 7) is 3.19. The summed E-state index contributed by atoms with van der Waals surface area (Å²) in [5, 5.41) is 6.38. The fourth-order valence-electron chi connectivity index (χ4n) is 2.20. The van der Waals surface area contributed by atoms with Crippen LogP contribution in [0.3, 0.4) is 0 Å². The Morgan fingerprint density at radius 1 is 1.44 bits per heavy atom. The van der Waals surface area contributed by atoms with E-state index in [0.717, 1.165) is 25.1 Å². The third kappa shape index (κ3) is 4.04. The summed E-state index contributed by atoms with van der Waals surface area (Å²) >= 11 is 0. The van der Waals surface area contributed by atoms with Crippen molar-refractivity contribution < 1.29 is 9.53 Å². The van der Waals surface area contributed by atoms with Gasteiger partial charge in [-0.1, -0.05) is 18.2 Å². The molecule has 2 N–H and O–H groups in total. The molecule has 1 amide bonds. The van der Waals surface area contributed by atoms with Crippen molar-refractivity contribution in [3.63, 3.8) is 0 Å². The number of benzene rings is 1. The van der Waals surface area contributed by atoms with Gasteiger partial charge in [-0.25, -0.2) is 0 Å². The highest BCUT2D eigenvalue weighted by Crippen LogP contribution is 2.09. The van der Waals surface area contributed by atoms with Crippen LogP contribution in [0, 0.1) is 0 Å². The van der Waals surface area contributed by atoms with Gasteiger partial charge in [0, 0.05) is 12.1 Å². The Kier molecular flexibility index (Phi) is 4.59. The molecule has 1 heterocycles.